The Kier molecular flexibility index (Phi) is 4.64. The minimum Gasteiger partial charge on any atom is -0.354 e. The maximum Gasteiger partial charge on any atom is 0.501 e. The number of carbonyl (C=O) groups is 2. The zero-order chi connectivity index (χ0) is 17.3. The quantitative estimate of drug-likeness (QED) is 0.850. The van der Waals surface area contributed by atoms with Crippen molar-refractivity contribution in [1.82, 2.24) is 10.6 Å². The average molecular weight is 350 g/mol. The molecule has 1 aliphatic rings. The first-order valence-corrected chi connectivity index (χ1v) is 8.11. The van der Waals surface area contributed by atoms with Crippen molar-refractivity contribution in [2.24, 2.45) is 0 Å². The molecule has 0 aromatic heterocycles. The smallest absolute Gasteiger partial charge is 0.354 e. The van der Waals surface area contributed by atoms with Crippen molar-refractivity contribution in [3.05, 3.63) is 29.8 Å². The first-order chi connectivity index (χ1) is 10.6. The highest BCUT2D eigenvalue weighted by atomic mass is 32.2. The van der Waals surface area contributed by atoms with E-state index in [-0.39, 0.29) is 11.5 Å². The molecule has 0 spiro atoms. The largest absolute Gasteiger partial charge is 0.501 e. The second-order valence-electron chi connectivity index (χ2n) is 4.93. The molecule has 23 heavy (non-hydrogen) atoms. The van der Waals surface area contributed by atoms with Gasteiger partial charge in [0, 0.05) is 12.1 Å². The van der Waals surface area contributed by atoms with E-state index in [1.54, 1.807) is 0 Å². The fourth-order valence-corrected chi connectivity index (χ4v) is 2.83. The molecule has 10 heteroatoms. The molecule has 1 atom stereocenters. The van der Waals surface area contributed by atoms with Crippen molar-refractivity contribution in [1.29, 1.82) is 0 Å². The summed E-state index contributed by atoms with van der Waals surface area (Å²) in [5.41, 5.74) is -5.44. The van der Waals surface area contributed by atoms with Gasteiger partial charge in [0.1, 0.15) is 6.04 Å². The van der Waals surface area contributed by atoms with Gasteiger partial charge in [-0.15, -0.1) is 0 Å². The van der Waals surface area contributed by atoms with Gasteiger partial charge in [0.05, 0.1) is 4.90 Å². The molecular weight excluding hydrogens is 337 g/mol. The number of alkyl halides is 3. The number of hydrogen-bond donors (Lipinski definition) is 2. The standard InChI is InChI=1S/C13H13F3N2O4S/c14-13(15,16)23(21,22)9-5-3-8(4-6-9)11(19)18-10-2-1-7-17-12(10)20/h3-6,10H,1-2,7H2,(H,17,20)(H,18,19)/t10-/m1/s1. The highest BCUT2D eigenvalue weighted by molar-refractivity contribution is 7.92. The fourth-order valence-electron chi connectivity index (χ4n) is 2.07. The Balaban J connectivity index is 2.13. The van der Waals surface area contributed by atoms with E-state index in [2.05, 4.69) is 10.6 Å². The van der Waals surface area contributed by atoms with Crippen LogP contribution in [-0.4, -0.2) is 38.3 Å². The van der Waals surface area contributed by atoms with E-state index in [1.807, 2.05) is 0 Å². The normalized spacial score (nSPS) is 19.1. The van der Waals surface area contributed by atoms with Gasteiger partial charge in [0.25, 0.3) is 15.7 Å². The molecule has 126 valence electrons. The third-order valence-electron chi connectivity index (χ3n) is 3.32. The Morgan fingerprint density at radius 1 is 1.22 bits per heavy atom. The minimum absolute atomic E-state index is 0.0375. The Labute approximate surface area is 130 Å². The van der Waals surface area contributed by atoms with E-state index >= 15 is 0 Å². The van der Waals surface area contributed by atoms with E-state index in [0.717, 1.165) is 12.1 Å². The van der Waals surface area contributed by atoms with Crippen molar-refractivity contribution in [3.8, 4) is 0 Å². The van der Waals surface area contributed by atoms with Crippen LogP contribution in [0, 0.1) is 0 Å². The lowest BCUT2D eigenvalue weighted by Crippen LogP contribution is -2.50. The Hall–Kier alpha value is -2.10. The van der Waals surface area contributed by atoms with Crippen LogP contribution < -0.4 is 10.6 Å². The minimum atomic E-state index is -5.45. The van der Waals surface area contributed by atoms with Crippen LogP contribution in [0.2, 0.25) is 0 Å². The number of sulfone groups is 1. The summed E-state index contributed by atoms with van der Waals surface area (Å²) in [5, 5.41) is 5.03. The predicted octanol–water partition coefficient (Wildman–Crippen LogP) is 0.989. The number of carbonyl (C=O) groups excluding carboxylic acids is 2. The van der Waals surface area contributed by atoms with Gasteiger partial charge in [-0.3, -0.25) is 9.59 Å². The third kappa shape index (κ3) is 3.63. The van der Waals surface area contributed by atoms with Gasteiger partial charge in [-0.2, -0.15) is 13.2 Å². The van der Waals surface area contributed by atoms with E-state index in [0.29, 0.717) is 31.5 Å². The summed E-state index contributed by atoms with van der Waals surface area (Å²) < 4.78 is 59.7. The van der Waals surface area contributed by atoms with Gasteiger partial charge in [0.15, 0.2) is 0 Å². The van der Waals surface area contributed by atoms with Crippen LogP contribution in [0.3, 0.4) is 0 Å². The Bertz CT molecular complexity index is 714. The van der Waals surface area contributed by atoms with Crippen molar-refractivity contribution in [2.75, 3.05) is 6.54 Å². The van der Waals surface area contributed by atoms with Gasteiger partial charge in [-0.25, -0.2) is 8.42 Å². The highest BCUT2D eigenvalue weighted by Gasteiger charge is 2.46. The predicted molar refractivity (Wildman–Crippen MR) is 73.2 cm³/mol. The van der Waals surface area contributed by atoms with E-state index in [4.69, 9.17) is 0 Å². The fraction of sp³-hybridized carbons (Fsp3) is 0.385. The summed E-state index contributed by atoms with van der Waals surface area (Å²) >= 11 is 0. The van der Waals surface area contributed by atoms with Crippen molar-refractivity contribution in [3.63, 3.8) is 0 Å². The summed E-state index contributed by atoms with van der Waals surface area (Å²) in [4.78, 5) is 22.5. The zero-order valence-corrected chi connectivity index (χ0v) is 12.5. The van der Waals surface area contributed by atoms with Gasteiger partial charge in [0.2, 0.25) is 5.91 Å². The lowest BCUT2D eigenvalue weighted by Gasteiger charge is -2.22. The zero-order valence-electron chi connectivity index (χ0n) is 11.7. The van der Waals surface area contributed by atoms with E-state index in [9.17, 15) is 31.2 Å². The van der Waals surface area contributed by atoms with Crippen LogP contribution >= 0.6 is 0 Å². The number of rotatable bonds is 3. The molecule has 0 saturated carbocycles. The molecule has 1 heterocycles. The molecule has 1 saturated heterocycles. The summed E-state index contributed by atoms with van der Waals surface area (Å²) in [6, 6.07) is 2.63. The second-order valence-corrected chi connectivity index (χ2v) is 6.87. The van der Waals surface area contributed by atoms with Gasteiger partial charge in [-0.05, 0) is 37.1 Å². The van der Waals surface area contributed by atoms with Crippen molar-refractivity contribution in [2.45, 2.75) is 29.3 Å². The van der Waals surface area contributed by atoms with Crippen molar-refractivity contribution < 1.29 is 31.2 Å². The molecule has 2 N–H and O–H groups in total. The van der Waals surface area contributed by atoms with Gasteiger partial charge < -0.3 is 10.6 Å². The molecule has 1 aromatic carbocycles. The molecule has 2 rings (SSSR count). The molecule has 2 amide bonds. The molecule has 0 bridgehead atoms. The van der Waals surface area contributed by atoms with E-state index in [1.165, 1.54) is 0 Å². The first-order valence-electron chi connectivity index (χ1n) is 6.63. The van der Waals surface area contributed by atoms with Crippen LogP contribution in [0.5, 0.6) is 0 Å². The molecule has 0 unspecified atom stereocenters. The number of halogens is 3. The van der Waals surface area contributed by atoms with Crippen LogP contribution in [-0.2, 0) is 14.6 Å². The van der Waals surface area contributed by atoms with Gasteiger partial charge in [-0.1, -0.05) is 0 Å². The number of benzene rings is 1. The highest BCUT2D eigenvalue weighted by Crippen LogP contribution is 2.30. The van der Waals surface area contributed by atoms with Gasteiger partial charge >= 0.3 is 5.51 Å². The summed E-state index contributed by atoms with van der Waals surface area (Å²) in [6.07, 6.45) is 1.15. The van der Waals surface area contributed by atoms with Crippen LogP contribution in [0.1, 0.15) is 23.2 Å². The number of amides is 2. The summed E-state index contributed by atoms with van der Waals surface area (Å²) in [5.74, 6) is -0.996. The first kappa shape index (κ1) is 17.3. The monoisotopic (exact) mass is 350 g/mol. The second kappa shape index (κ2) is 6.19. The molecule has 1 fully saturated rings. The van der Waals surface area contributed by atoms with E-state index < -0.39 is 32.2 Å². The lowest BCUT2D eigenvalue weighted by molar-refractivity contribution is -0.124. The van der Waals surface area contributed by atoms with Crippen LogP contribution in [0.4, 0.5) is 13.2 Å². The number of hydrogen-bond acceptors (Lipinski definition) is 4. The van der Waals surface area contributed by atoms with Crippen LogP contribution in [0.25, 0.3) is 0 Å². The molecule has 1 aromatic rings. The average Bonchev–Trinajstić information content (AvgIpc) is 2.48. The maximum atomic E-state index is 12.4. The Morgan fingerprint density at radius 3 is 2.35 bits per heavy atom. The van der Waals surface area contributed by atoms with Crippen LogP contribution in [0.15, 0.2) is 29.2 Å². The molecule has 0 aliphatic carbocycles. The SMILES string of the molecule is O=C(N[C@@H]1CCCNC1=O)c1ccc(S(=O)(=O)C(F)(F)F)cc1. The number of piperidine rings is 1. The Morgan fingerprint density at radius 2 is 1.83 bits per heavy atom. The molecule has 6 nitrogen and oxygen atoms in total. The summed E-state index contributed by atoms with van der Waals surface area (Å²) in [6.45, 7) is 0.523. The summed E-state index contributed by atoms with van der Waals surface area (Å²) in [7, 11) is -5.45. The van der Waals surface area contributed by atoms with Crippen molar-refractivity contribution >= 4 is 21.7 Å². The molecule has 0 radical (unpaired) electrons. The lowest BCUT2D eigenvalue weighted by atomic mass is 10.1. The maximum absolute atomic E-state index is 12.4. The third-order valence-corrected chi connectivity index (χ3v) is 4.82. The molecular formula is C13H13F3N2O4S. The topological polar surface area (TPSA) is 92.3 Å². The molecule has 1 aliphatic heterocycles. The number of nitrogens with one attached hydrogen (secondary N) is 2.